The van der Waals surface area contributed by atoms with E-state index in [0.29, 0.717) is 12.5 Å². The zero-order valence-electron chi connectivity index (χ0n) is 9.30. The number of nitrogens with zero attached hydrogens (tertiary/aromatic N) is 1. The van der Waals surface area contributed by atoms with E-state index in [1.807, 2.05) is 13.8 Å². The molecule has 0 unspecified atom stereocenters. The molecule has 0 bridgehead atoms. The summed E-state index contributed by atoms with van der Waals surface area (Å²) in [6.07, 6.45) is 4.67. The van der Waals surface area contributed by atoms with Crippen LogP contribution < -0.4 is 4.74 Å². The van der Waals surface area contributed by atoms with Gasteiger partial charge in [-0.05, 0) is 31.8 Å². The summed E-state index contributed by atoms with van der Waals surface area (Å²) in [5.74, 6) is 1.57. The molecule has 0 spiro atoms. The highest BCUT2D eigenvalue weighted by Gasteiger charge is 2.12. The summed E-state index contributed by atoms with van der Waals surface area (Å²) in [6, 6.07) is 0. The van der Waals surface area contributed by atoms with Crippen LogP contribution in [0.3, 0.4) is 0 Å². The molecule has 0 aromatic carbocycles. The van der Waals surface area contributed by atoms with E-state index >= 15 is 0 Å². The summed E-state index contributed by atoms with van der Waals surface area (Å²) in [6.45, 7) is 6.74. The molecule has 1 aromatic rings. The maximum absolute atomic E-state index is 5.38. The molecule has 0 N–H and O–H groups in total. The second-order valence-electron chi connectivity index (χ2n) is 3.41. The normalized spacial score (nSPS) is 10.5. The molecule has 3 heteroatoms. The minimum Gasteiger partial charge on any atom is -0.476 e. The van der Waals surface area contributed by atoms with Crippen LogP contribution >= 0.6 is 0 Å². The smallest absolute Gasteiger partial charge is 0.257 e. The summed E-state index contributed by atoms with van der Waals surface area (Å²) >= 11 is 0. The number of rotatable bonds is 6. The molecular formula is C11H19NO2. The van der Waals surface area contributed by atoms with Gasteiger partial charge >= 0.3 is 0 Å². The Kier molecular flexibility index (Phi) is 4.50. The molecule has 0 amide bonds. The predicted molar refractivity (Wildman–Crippen MR) is 55.6 cm³/mol. The quantitative estimate of drug-likeness (QED) is 0.657. The van der Waals surface area contributed by atoms with Crippen LogP contribution in [0.5, 0.6) is 5.88 Å². The lowest BCUT2D eigenvalue weighted by Crippen LogP contribution is -1.96. The van der Waals surface area contributed by atoms with Crippen molar-refractivity contribution in [2.75, 3.05) is 6.61 Å². The number of ether oxygens (including phenoxy) is 1. The van der Waals surface area contributed by atoms with Gasteiger partial charge in [0.05, 0.1) is 12.2 Å². The van der Waals surface area contributed by atoms with Crippen molar-refractivity contribution in [2.45, 2.75) is 46.5 Å². The molecule has 1 heterocycles. The van der Waals surface area contributed by atoms with Gasteiger partial charge in [0.2, 0.25) is 0 Å². The molecule has 0 fully saturated rings. The lowest BCUT2D eigenvalue weighted by Gasteiger charge is -2.01. The highest BCUT2D eigenvalue weighted by Crippen LogP contribution is 2.22. The van der Waals surface area contributed by atoms with Crippen LogP contribution in [0, 0.1) is 6.92 Å². The fourth-order valence-electron chi connectivity index (χ4n) is 1.46. The van der Waals surface area contributed by atoms with E-state index in [1.165, 1.54) is 19.3 Å². The first kappa shape index (κ1) is 11.1. The van der Waals surface area contributed by atoms with Crippen LogP contribution in [0.2, 0.25) is 0 Å². The fraction of sp³-hybridized carbons (Fsp3) is 0.727. The van der Waals surface area contributed by atoms with E-state index in [9.17, 15) is 0 Å². The number of aromatic nitrogens is 1. The predicted octanol–water partition coefficient (Wildman–Crippen LogP) is 3.11. The van der Waals surface area contributed by atoms with Crippen LogP contribution in [0.1, 0.15) is 44.4 Å². The molecular weight excluding hydrogens is 178 g/mol. The standard InChI is InChI=1S/C11H19NO2/c1-4-6-7-8-10-9(3)14-12-11(10)13-5-2/h4-8H2,1-3H3. The van der Waals surface area contributed by atoms with Gasteiger partial charge in [0.25, 0.3) is 5.88 Å². The van der Waals surface area contributed by atoms with E-state index in [-0.39, 0.29) is 0 Å². The molecule has 14 heavy (non-hydrogen) atoms. The van der Waals surface area contributed by atoms with Gasteiger partial charge in [0.15, 0.2) is 0 Å². The van der Waals surface area contributed by atoms with Gasteiger partial charge in [-0.1, -0.05) is 19.8 Å². The maximum Gasteiger partial charge on any atom is 0.257 e. The lowest BCUT2D eigenvalue weighted by molar-refractivity contribution is 0.290. The molecule has 3 nitrogen and oxygen atoms in total. The first-order valence-corrected chi connectivity index (χ1v) is 5.37. The number of aryl methyl sites for hydroxylation is 1. The first-order chi connectivity index (χ1) is 6.79. The summed E-state index contributed by atoms with van der Waals surface area (Å²) < 4.78 is 10.5. The monoisotopic (exact) mass is 197 g/mol. The van der Waals surface area contributed by atoms with Gasteiger partial charge in [-0.25, -0.2) is 0 Å². The summed E-state index contributed by atoms with van der Waals surface area (Å²) in [4.78, 5) is 0. The van der Waals surface area contributed by atoms with E-state index in [4.69, 9.17) is 9.26 Å². The highest BCUT2D eigenvalue weighted by atomic mass is 16.5. The van der Waals surface area contributed by atoms with E-state index in [2.05, 4.69) is 12.1 Å². The van der Waals surface area contributed by atoms with Crippen molar-refractivity contribution in [3.63, 3.8) is 0 Å². The van der Waals surface area contributed by atoms with Crippen LogP contribution in [-0.2, 0) is 6.42 Å². The third kappa shape index (κ3) is 2.76. The van der Waals surface area contributed by atoms with Crippen LogP contribution in [0.15, 0.2) is 4.52 Å². The molecule has 0 aliphatic heterocycles. The minimum atomic E-state index is 0.646. The molecule has 1 rings (SSSR count). The molecule has 0 aliphatic carbocycles. The van der Waals surface area contributed by atoms with Gasteiger partial charge in [-0.2, -0.15) is 0 Å². The van der Waals surface area contributed by atoms with Crippen molar-refractivity contribution in [3.05, 3.63) is 11.3 Å². The van der Waals surface area contributed by atoms with Crippen LogP contribution in [-0.4, -0.2) is 11.8 Å². The molecule has 0 radical (unpaired) electrons. The Hall–Kier alpha value is -0.990. The largest absolute Gasteiger partial charge is 0.476 e. The Labute approximate surface area is 85.4 Å². The Morgan fingerprint density at radius 3 is 2.71 bits per heavy atom. The average molecular weight is 197 g/mol. The molecule has 0 atom stereocenters. The van der Waals surface area contributed by atoms with Crippen molar-refractivity contribution in [3.8, 4) is 5.88 Å². The number of hydrogen-bond donors (Lipinski definition) is 0. The zero-order valence-corrected chi connectivity index (χ0v) is 9.30. The zero-order chi connectivity index (χ0) is 10.4. The Morgan fingerprint density at radius 2 is 2.07 bits per heavy atom. The first-order valence-electron chi connectivity index (χ1n) is 5.37. The Bertz CT molecular complexity index is 268. The van der Waals surface area contributed by atoms with Crippen molar-refractivity contribution < 1.29 is 9.26 Å². The summed E-state index contributed by atoms with van der Waals surface area (Å²) in [5, 5.41) is 3.89. The van der Waals surface area contributed by atoms with E-state index in [1.54, 1.807) is 0 Å². The number of hydrogen-bond acceptors (Lipinski definition) is 3. The summed E-state index contributed by atoms with van der Waals surface area (Å²) in [7, 11) is 0. The lowest BCUT2D eigenvalue weighted by atomic mass is 10.1. The minimum absolute atomic E-state index is 0.646. The second-order valence-corrected chi connectivity index (χ2v) is 3.41. The highest BCUT2D eigenvalue weighted by molar-refractivity contribution is 5.27. The average Bonchev–Trinajstić information content (AvgIpc) is 2.50. The van der Waals surface area contributed by atoms with Gasteiger partial charge in [-0.15, -0.1) is 0 Å². The van der Waals surface area contributed by atoms with E-state index < -0.39 is 0 Å². The van der Waals surface area contributed by atoms with Gasteiger partial charge in [-0.3, -0.25) is 0 Å². The Morgan fingerprint density at radius 1 is 1.29 bits per heavy atom. The van der Waals surface area contributed by atoms with Gasteiger partial charge in [0, 0.05) is 0 Å². The third-order valence-corrected chi connectivity index (χ3v) is 2.26. The molecule has 1 aromatic heterocycles. The second kappa shape index (κ2) is 5.68. The molecule has 80 valence electrons. The van der Waals surface area contributed by atoms with Crippen molar-refractivity contribution >= 4 is 0 Å². The molecule has 0 saturated carbocycles. The SMILES string of the molecule is CCCCCc1c(OCC)noc1C. The van der Waals surface area contributed by atoms with Crippen LogP contribution in [0.4, 0.5) is 0 Å². The fourth-order valence-corrected chi connectivity index (χ4v) is 1.46. The van der Waals surface area contributed by atoms with Crippen molar-refractivity contribution in [2.24, 2.45) is 0 Å². The van der Waals surface area contributed by atoms with E-state index in [0.717, 1.165) is 17.7 Å². The van der Waals surface area contributed by atoms with Crippen LogP contribution in [0.25, 0.3) is 0 Å². The summed E-state index contributed by atoms with van der Waals surface area (Å²) in [5.41, 5.74) is 1.14. The van der Waals surface area contributed by atoms with Crippen molar-refractivity contribution in [1.29, 1.82) is 0 Å². The van der Waals surface area contributed by atoms with Gasteiger partial charge < -0.3 is 9.26 Å². The Balaban J connectivity index is 2.57. The van der Waals surface area contributed by atoms with Crippen molar-refractivity contribution in [1.82, 2.24) is 5.16 Å². The molecule has 0 saturated heterocycles. The topological polar surface area (TPSA) is 35.3 Å². The number of unbranched alkanes of at least 4 members (excludes halogenated alkanes) is 2. The molecule has 0 aliphatic rings. The maximum atomic E-state index is 5.38. The van der Waals surface area contributed by atoms with Gasteiger partial charge in [0.1, 0.15) is 5.76 Å². The third-order valence-electron chi connectivity index (χ3n) is 2.26.